The zero-order valence-corrected chi connectivity index (χ0v) is 20.2. The number of Topliss-reactive ketones (excluding diaryl/α,β-unsaturated/α-hetero) is 1. The molecule has 1 aromatic heterocycles. The number of ether oxygens (including phenoxy) is 1. The number of nitrogens with one attached hydrogen (secondary N) is 1. The SMILES string of the molecule is CC(=O)c1ccccc1-c1ccc2onc(C(=O)Nc3c(C#N)cccc3C(=O)OC(C)(C)C)c2c1. The van der Waals surface area contributed by atoms with Crippen LogP contribution in [-0.2, 0) is 4.74 Å². The number of hydrogen-bond acceptors (Lipinski definition) is 7. The molecule has 0 saturated heterocycles. The largest absolute Gasteiger partial charge is 0.456 e. The van der Waals surface area contributed by atoms with Gasteiger partial charge in [-0.2, -0.15) is 5.26 Å². The molecule has 0 aliphatic heterocycles. The van der Waals surface area contributed by atoms with E-state index in [4.69, 9.17) is 9.26 Å². The number of carbonyl (C=O) groups excluding carboxylic acids is 3. The number of rotatable bonds is 5. The Kier molecular flexibility index (Phi) is 6.41. The lowest BCUT2D eigenvalue weighted by Crippen LogP contribution is -2.25. The van der Waals surface area contributed by atoms with E-state index in [-0.39, 0.29) is 28.3 Å². The number of amides is 1. The second-order valence-electron chi connectivity index (χ2n) is 9.14. The first-order valence-electron chi connectivity index (χ1n) is 11.2. The maximum atomic E-state index is 13.3. The number of para-hydroxylation sites is 1. The van der Waals surface area contributed by atoms with Gasteiger partial charge >= 0.3 is 5.97 Å². The highest BCUT2D eigenvalue weighted by atomic mass is 16.6. The number of esters is 1. The Morgan fingerprint density at radius 1 is 1.00 bits per heavy atom. The van der Waals surface area contributed by atoms with Crippen LogP contribution in [0.4, 0.5) is 5.69 Å². The number of ketones is 1. The van der Waals surface area contributed by atoms with Crippen molar-refractivity contribution in [2.75, 3.05) is 5.32 Å². The van der Waals surface area contributed by atoms with E-state index in [0.29, 0.717) is 27.7 Å². The third-order valence-corrected chi connectivity index (χ3v) is 5.34. The zero-order valence-electron chi connectivity index (χ0n) is 20.2. The minimum absolute atomic E-state index is 0.0217. The molecular formula is C28H23N3O5. The summed E-state index contributed by atoms with van der Waals surface area (Å²) in [6, 6.07) is 18.8. The molecule has 0 spiro atoms. The standard InChI is InChI=1S/C28H23N3O5/c1-16(32)19-9-5-6-10-20(19)17-12-13-23-22(14-17)25(31-36-23)26(33)30-24-18(15-29)8-7-11-21(24)27(34)35-28(2,3)4/h5-14H,1-4H3,(H,30,33). The summed E-state index contributed by atoms with van der Waals surface area (Å²) >= 11 is 0. The summed E-state index contributed by atoms with van der Waals surface area (Å²) in [6.45, 7) is 6.66. The molecule has 1 heterocycles. The van der Waals surface area contributed by atoms with Gasteiger partial charge in [-0.3, -0.25) is 9.59 Å². The van der Waals surface area contributed by atoms with E-state index >= 15 is 0 Å². The average molecular weight is 482 g/mol. The van der Waals surface area contributed by atoms with Crippen LogP contribution in [0.1, 0.15) is 64.5 Å². The third kappa shape index (κ3) is 4.86. The monoisotopic (exact) mass is 481 g/mol. The van der Waals surface area contributed by atoms with Crippen molar-refractivity contribution in [1.82, 2.24) is 5.16 Å². The third-order valence-electron chi connectivity index (χ3n) is 5.34. The Balaban J connectivity index is 1.75. The van der Waals surface area contributed by atoms with E-state index in [0.717, 1.165) is 0 Å². The number of benzene rings is 3. The quantitative estimate of drug-likeness (QED) is 0.283. The highest BCUT2D eigenvalue weighted by molar-refractivity contribution is 6.14. The summed E-state index contributed by atoms with van der Waals surface area (Å²) < 4.78 is 10.8. The first-order valence-corrected chi connectivity index (χ1v) is 11.2. The maximum Gasteiger partial charge on any atom is 0.340 e. The molecule has 0 radical (unpaired) electrons. The summed E-state index contributed by atoms with van der Waals surface area (Å²) in [5, 5.41) is 16.6. The number of anilines is 1. The second kappa shape index (κ2) is 9.47. The van der Waals surface area contributed by atoms with E-state index in [9.17, 15) is 19.6 Å². The van der Waals surface area contributed by atoms with Gasteiger partial charge < -0.3 is 14.6 Å². The molecule has 4 rings (SSSR count). The van der Waals surface area contributed by atoms with Crippen molar-refractivity contribution in [3.05, 3.63) is 83.0 Å². The normalized spacial score (nSPS) is 11.1. The van der Waals surface area contributed by atoms with Gasteiger partial charge in [0.1, 0.15) is 11.7 Å². The highest BCUT2D eigenvalue weighted by Gasteiger charge is 2.25. The molecule has 1 amide bonds. The van der Waals surface area contributed by atoms with Crippen molar-refractivity contribution >= 4 is 34.3 Å². The molecule has 0 aliphatic rings. The van der Waals surface area contributed by atoms with E-state index in [1.54, 1.807) is 51.1 Å². The van der Waals surface area contributed by atoms with Crippen molar-refractivity contribution in [2.24, 2.45) is 0 Å². The number of nitrogens with zero attached hydrogens (tertiary/aromatic N) is 2. The summed E-state index contributed by atoms with van der Waals surface area (Å²) in [4.78, 5) is 38.2. The van der Waals surface area contributed by atoms with Crippen LogP contribution in [0.5, 0.6) is 0 Å². The van der Waals surface area contributed by atoms with Gasteiger partial charge in [0.15, 0.2) is 17.1 Å². The Labute approximate surface area is 207 Å². The summed E-state index contributed by atoms with van der Waals surface area (Å²) in [6.07, 6.45) is 0. The van der Waals surface area contributed by atoms with Crippen LogP contribution in [0.15, 0.2) is 65.2 Å². The van der Waals surface area contributed by atoms with Crippen LogP contribution < -0.4 is 5.32 Å². The number of fused-ring (bicyclic) bond motifs is 1. The lowest BCUT2D eigenvalue weighted by atomic mass is 9.96. The molecule has 3 aromatic carbocycles. The first-order chi connectivity index (χ1) is 17.1. The van der Waals surface area contributed by atoms with Crippen LogP contribution in [0.25, 0.3) is 22.1 Å². The predicted molar refractivity (Wildman–Crippen MR) is 134 cm³/mol. The number of aromatic nitrogens is 1. The molecule has 36 heavy (non-hydrogen) atoms. The number of nitriles is 1. The van der Waals surface area contributed by atoms with Gasteiger partial charge in [0.2, 0.25) is 0 Å². The molecule has 0 bridgehead atoms. The minimum Gasteiger partial charge on any atom is -0.456 e. The van der Waals surface area contributed by atoms with Gasteiger partial charge in [-0.1, -0.05) is 41.6 Å². The molecule has 0 fully saturated rings. The van der Waals surface area contributed by atoms with Crippen molar-refractivity contribution in [1.29, 1.82) is 5.26 Å². The van der Waals surface area contributed by atoms with Crippen LogP contribution >= 0.6 is 0 Å². The Morgan fingerprint density at radius 2 is 1.72 bits per heavy atom. The molecule has 0 aliphatic carbocycles. The van der Waals surface area contributed by atoms with Crippen LogP contribution in [-0.4, -0.2) is 28.4 Å². The van der Waals surface area contributed by atoms with E-state index in [1.165, 1.54) is 25.1 Å². The summed E-state index contributed by atoms with van der Waals surface area (Å²) in [5.41, 5.74) is 1.68. The molecule has 4 aromatic rings. The second-order valence-corrected chi connectivity index (χ2v) is 9.14. The Hall–Kier alpha value is -4.77. The molecule has 0 atom stereocenters. The highest BCUT2D eigenvalue weighted by Crippen LogP contribution is 2.30. The molecule has 0 saturated carbocycles. The molecule has 8 nitrogen and oxygen atoms in total. The molecule has 8 heteroatoms. The van der Waals surface area contributed by atoms with Gasteiger partial charge in [-0.25, -0.2) is 4.79 Å². The fraction of sp³-hybridized carbons (Fsp3) is 0.179. The topological polar surface area (TPSA) is 122 Å². The molecule has 1 N–H and O–H groups in total. The van der Waals surface area contributed by atoms with Crippen molar-refractivity contribution in [3.63, 3.8) is 0 Å². The fourth-order valence-corrected chi connectivity index (χ4v) is 3.77. The predicted octanol–water partition coefficient (Wildman–Crippen LogP) is 5.78. The summed E-state index contributed by atoms with van der Waals surface area (Å²) in [5.74, 6) is -1.43. The number of carbonyl (C=O) groups is 3. The van der Waals surface area contributed by atoms with Crippen LogP contribution in [0, 0.1) is 11.3 Å². The van der Waals surface area contributed by atoms with Gasteiger partial charge in [0, 0.05) is 5.56 Å². The first kappa shape index (κ1) is 24.4. The zero-order chi connectivity index (χ0) is 26.0. The average Bonchev–Trinajstić information content (AvgIpc) is 3.26. The van der Waals surface area contributed by atoms with E-state index in [1.807, 2.05) is 18.2 Å². The fourth-order valence-electron chi connectivity index (χ4n) is 3.77. The van der Waals surface area contributed by atoms with Crippen molar-refractivity contribution in [2.45, 2.75) is 33.3 Å². The Bertz CT molecular complexity index is 1550. The van der Waals surface area contributed by atoms with E-state index in [2.05, 4.69) is 10.5 Å². The Morgan fingerprint density at radius 3 is 2.42 bits per heavy atom. The lowest BCUT2D eigenvalue weighted by molar-refractivity contribution is 0.00706. The van der Waals surface area contributed by atoms with Crippen molar-refractivity contribution < 1.29 is 23.6 Å². The van der Waals surface area contributed by atoms with Gasteiger partial charge in [-0.15, -0.1) is 0 Å². The van der Waals surface area contributed by atoms with E-state index < -0.39 is 17.5 Å². The smallest absolute Gasteiger partial charge is 0.340 e. The van der Waals surface area contributed by atoms with Gasteiger partial charge in [0.05, 0.1) is 22.2 Å². The van der Waals surface area contributed by atoms with Gasteiger partial charge in [-0.05, 0) is 63.1 Å². The van der Waals surface area contributed by atoms with Gasteiger partial charge in [0.25, 0.3) is 5.91 Å². The molecule has 0 unspecified atom stereocenters. The summed E-state index contributed by atoms with van der Waals surface area (Å²) in [7, 11) is 0. The molecule has 180 valence electrons. The minimum atomic E-state index is -0.768. The maximum absolute atomic E-state index is 13.3. The van der Waals surface area contributed by atoms with Crippen LogP contribution in [0.2, 0.25) is 0 Å². The number of hydrogen-bond donors (Lipinski definition) is 1. The lowest BCUT2D eigenvalue weighted by Gasteiger charge is -2.21. The van der Waals surface area contributed by atoms with Crippen molar-refractivity contribution in [3.8, 4) is 17.2 Å². The van der Waals surface area contributed by atoms with Crippen LogP contribution in [0.3, 0.4) is 0 Å². The molecular weight excluding hydrogens is 458 g/mol.